The molecular weight excluding hydrogens is 755 g/mol. The highest BCUT2D eigenvalue weighted by Crippen LogP contribution is 2.49. The summed E-state index contributed by atoms with van der Waals surface area (Å²) < 4.78 is 77.4. The molecule has 0 bridgehead atoms. The maximum atomic E-state index is 14.0. The molecule has 2 aliphatic heterocycles. The van der Waals surface area contributed by atoms with Crippen LogP contribution in [0.3, 0.4) is 0 Å². The van der Waals surface area contributed by atoms with Gasteiger partial charge >= 0.3 is 6.03 Å². The predicted molar refractivity (Wildman–Crippen MR) is 203 cm³/mol. The van der Waals surface area contributed by atoms with Gasteiger partial charge in [0.2, 0.25) is 10.4 Å². The van der Waals surface area contributed by atoms with Crippen LogP contribution in [-0.4, -0.2) is 106 Å². The molecule has 1 saturated heterocycles. The largest absolute Gasteiger partial charge is 0.726 e. The lowest BCUT2D eigenvalue weighted by molar-refractivity contribution is -0.246. The van der Waals surface area contributed by atoms with E-state index in [4.69, 9.17) is 9.47 Å². The third kappa shape index (κ3) is 10.0. The Labute approximate surface area is 322 Å². The van der Waals surface area contributed by atoms with E-state index in [1.807, 2.05) is 32.8 Å². The number of benzene rings is 3. The van der Waals surface area contributed by atoms with E-state index in [1.165, 1.54) is 0 Å². The first-order valence-electron chi connectivity index (χ1n) is 18.2. The van der Waals surface area contributed by atoms with E-state index >= 15 is 0 Å². The van der Waals surface area contributed by atoms with Crippen LogP contribution in [0.15, 0.2) is 77.7 Å². The van der Waals surface area contributed by atoms with Gasteiger partial charge in [-0.15, -0.1) is 0 Å². The molecule has 0 aromatic heterocycles. The number of hydrogen-bond donors (Lipinski definition) is 5. The summed E-state index contributed by atoms with van der Waals surface area (Å²) in [6.07, 6.45) is -6.46. The summed E-state index contributed by atoms with van der Waals surface area (Å²) in [5.74, 6) is -1.01. The Balaban J connectivity index is 1.43. The highest BCUT2D eigenvalue weighted by atomic mass is 32.3. The van der Waals surface area contributed by atoms with Crippen LogP contribution in [0.5, 0.6) is 0 Å². The second-order valence-electron chi connectivity index (χ2n) is 14.4. The Bertz CT molecular complexity index is 2000. The van der Waals surface area contributed by atoms with Crippen LogP contribution in [0.4, 0.5) is 16.2 Å². The lowest BCUT2D eigenvalue weighted by atomic mass is 9.69. The van der Waals surface area contributed by atoms with E-state index in [-0.39, 0.29) is 22.9 Å². The molecule has 0 spiro atoms. The number of amides is 2. The molecule has 3 aromatic rings. The van der Waals surface area contributed by atoms with Crippen molar-refractivity contribution in [3.8, 4) is 0 Å². The zero-order valence-corrected chi connectivity index (χ0v) is 32.8. The highest BCUT2D eigenvalue weighted by molar-refractivity contribution is 7.91. The fourth-order valence-electron chi connectivity index (χ4n) is 7.42. The minimum absolute atomic E-state index is 0.0655. The van der Waals surface area contributed by atoms with E-state index in [0.717, 1.165) is 18.5 Å². The number of hydrogen-bond acceptors (Lipinski definition) is 13. The third-order valence-electron chi connectivity index (χ3n) is 10.5. The number of fused-ring (bicyclic) bond motifs is 1. The molecular formula is C38H50N3O12S2-. The monoisotopic (exact) mass is 804 g/mol. The number of unbranched alkanes of at least 4 members (excludes halogenated alkanes) is 1. The molecule has 0 saturated carbocycles. The van der Waals surface area contributed by atoms with E-state index in [9.17, 15) is 41.5 Å². The van der Waals surface area contributed by atoms with Crippen molar-refractivity contribution in [2.45, 2.75) is 93.7 Å². The van der Waals surface area contributed by atoms with Crippen molar-refractivity contribution in [2.75, 3.05) is 36.7 Å². The van der Waals surface area contributed by atoms with E-state index in [0.29, 0.717) is 29.5 Å². The van der Waals surface area contributed by atoms with Gasteiger partial charge in [0.15, 0.2) is 16.1 Å². The first kappa shape index (κ1) is 42.5. The quantitative estimate of drug-likeness (QED) is 0.117. The number of ether oxygens (including phenoxy) is 2. The van der Waals surface area contributed by atoms with Crippen molar-refractivity contribution in [3.05, 3.63) is 89.5 Å². The summed E-state index contributed by atoms with van der Waals surface area (Å²) in [5.41, 5.74) is 1.74. The SMILES string of the molecule is CCCC[C@]1(CC)CS(=O)(=O)c2ccc(N(C)C)cc2[C@@H](c2cccc(NC(=O)NC3O[C@H](COS(=O)(=O)[O-])[C@@H](O)[C@H](OCc4ccccc4)[C@H]3O)c2)[C@H]1O. The lowest BCUT2D eigenvalue weighted by Gasteiger charge is -2.42. The molecule has 8 atom stereocenters. The van der Waals surface area contributed by atoms with Crippen molar-refractivity contribution in [1.29, 1.82) is 0 Å². The van der Waals surface area contributed by atoms with Crippen LogP contribution in [0.1, 0.15) is 62.1 Å². The van der Waals surface area contributed by atoms with Gasteiger partial charge < -0.3 is 44.9 Å². The van der Waals surface area contributed by atoms with Gasteiger partial charge in [-0.25, -0.2) is 21.6 Å². The van der Waals surface area contributed by atoms with Crippen LogP contribution in [0.25, 0.3) is 0 Å². The number of aliphatic hydroxyl groups excluding tert-OH is 3. The number of anilines is 2. The first-order chi connectivity index (χ1) is 26.0. The van der Waals surface area contributed by atoms with Gasteiger partial charge in [-0.1, -0.05) is 69.2 Å². The number of urea groups is 1. The van der Waals surface area contributed by atoms with Crippen LogP contribution >= 0.6 is 0 Å². The normalized spacial score (nSPS) is 27.7. The van der Waals surface area contributed by atoms with Crippen LogP contribution in [-0.2, 0) is 40.5 Å². The standard InChI is InChI=1S/C38H51N3O12S2/c1-5-7-18-38(6-2)23-54(46,47)30-17-16-27(41(3)4)20-28(30)31(35(38)44)25-14-11-15-26(19-25)39-37(45)40-36-33(43)34(51-21-24-12-9-8-10-13-24)32(42)29(53-36)22-52-55(48,49)50/h8-17,19-20,29,31-36,42-44H,5-7,18,21-23H2,1-4H3,(H2,39,40,45)(H,48,49,50)/p-1/t29-,31-,32-,33-,34+,35-,36?,38-/m1/s1. The molecule has 2 amide bonds. The average Bonchev–Trinajstić information content (AvgIpc) is 3.21. The van der Waals surface area contributed by atoms with E-state index < -0.39 is 81.0 Å². The Morgan fingerprint density at radius 3 is 2.40 bits per heavy atom. The number of carbonyl (C=O) groups excluding carboxylic acids is 1. The fraction of sp³-hybridized carbons (Fsp3) is 0.500. The van der Waals surface area contributed by atoms with Gasteiger partial charge in [-0.05, 0) is 59.9 Å². The Morgan fingerprint density at radius 1 is 1.02 bits per heavy atom. The number of aliphatic hydroxyl groups is 3. The molecule has 0 radical (unpaired) electrons. The van der Waals surface area contributed by atoms with Gasteiger partial charge in [-0.3, -0.25) is 4.18 Å². The topological polar surface area (TPSA) is 224 Å². The number of sulfone groups is 1. The minimum atomic E-state index is -5.18. The summed E-state index contributed by atoms with van der Waals surface area (Å²) in [7, 11) is -5.33. The number of carbonyl (C=O) groups is 1. The van der Waals surface area contributed by atoms with E-state index in [1.54, 1.807) is 72.8 Å². The lowest BCUT2D eigenvalue weighted by Crippen LogP contribution is -2.64. The van der Waals surface area contributed by atoms with Crippen molar-refractivity contribution < 1.29 is 55.2 Å². The number of nitrogens with one attached hydrogen (secondary N) is 2. The summed E-state index contributed by atoms with van der Waals surface area (Å²) >= 11 is 0. The molecule has 5 N–H and O–H groups in total. The summed E-state index contributed by atoms with van der Waals surface area (Å²) in [5, 5.41) is 39.6. The molecule has 5 rings (SSSR count). The molecule has 1 unspecified atom stereocenters. The first-order valence-corrected chi connectivity index (χ1v) is 21.1. The average molecular weight is 805 g/mol. The molecule has 2 heterocycles. The van der Waals surface area contributed by atoms with Crippen LogP contribution < -0.4 is 15.5 Å². The number of nitrogens with zero attached hydrogens (tertiary/aromatic N) is 1. The van der Waals surface area contributed by atoms with Gasteiger partial charge in [0.05, 0.1) is 30.0 Å². The van der Waals surface area contributed by atoms with Gasteiger partial charge in [0.1, 0.15) is 24.4 Å². The highest BCUT2D eigenvalue weighted by Gasteiger charge is 2.49. The predicted octanol–water partition coefficient (Wildman–Crippen LogP) is 3.25. The second-order valence-corrected chi connectivity index (χ2v) is 17.4. The van der Waals surface area contributed by atoms with Crippen molar-refractivity contribution in [2.24, 2.45) is 5.41 Å². The van der Waals surface area contributed by atoms with Crippen LogP contribution in [0.2, 0.25) is 0 Å². The molecule has 2 aliphatic rings. The molecule has 0 aliphatic carbocycles. The molecule has 17 heteroatoms. The van der Waals surface area contributed by atoms with Gasteiger partial charge in [0, 0.05) is 36.8 Å². The molecule has 15 nitrogen and oxygen atoms in total. The maximum absolute atomic E-state index is 14.0. The summed E-state index contributed by atoms with van der Waals surface area (Å²) in [6, 6.07) is 19.7. The zero-order valence-electron chi connectivity index (χ0n) is 31.2. The van der Waals surface area contributed by atoms with Crippen molar-refractivity contribution in [1.82, 2.24) is 5.32 Å². The maximum Gasteiger partial charge on any atom is 0.321 e. The third-order valence-corrected chi connectivity index (χ3v) is 12.9. The Morgan fingerprint density at radius 2 is 1.75 bits per heavy atom. The number of rotatable bonds is 14. The Kier molecular flexibility index (Phi) is 13.6. The zero-order chi connectivity index (χ0) is 40.1. The van der Waals surface area contributed by atoms with Gasteiger partial charge in [0.25, 0.3) is 0 Å². The van der Waals surface area contributed by atoms with Gasteiger partial charge in [-0.2, -0.15) is 0 Å². The summed E-state index contributed by atoms with van der Waals surface area (Å²) in [4.78, 5) is 15.5. The molecule has 1 fully saturated rings. The molecule has 3 aromatic carbocycles. The second kappa shape index (κ2) is 17.7. The van der Waals surface area contributed by atoms with Crippen molar-refractivity contribution in [3.63, 3.8) is 0 Å². The molecule has 302 valence electrons. The Hall–Kier alpha value is -3.65. The van der Waals surface area contributed by atoms with Crippen LogP contribution in [0, 0.1) is 5.41 Å². The molecule has 55 heavy (non-hydrogen) atoms. The van der Waals surface area contributed by atoms with E-state index in [2.05, 4.69) is 14.8 Å². The minimum Gasteiger partial charge on any atom is -0.726 e. The fourth-order valence-corrected chi connectivity index (χ4v) is 9.97. The smallest absolute Gasteiger partial charge is 0.321 e. The summed E-state index contributed by atoms with van der Waals surface area (Å²) in [6.45, 7) is 2.92. The van der Waals surface area contributed by atoms with Crippen molar-refractivity contribution >= 4 is 37.6 Å².